The Labute approximate surface area is 178 Å². The highest BCUT2D eigenvalue weighted by Gasteiger charge is 2.47. The molecular weight excluding hydrogens is 402 g/mol. The van der Waals surface area contributed by atoms with Gasteiger partial charge in [0.25, 0.3) is 0 Å². The summed E-state index contributed by atoms with van der Waals surface area (Å²) in [5.41, 5.74) is 2.81. The number of aryl methyl sites for hydroxylation is 1. The zero-order chi connectivity index (χ0) is 20.5. The van der Waals surface area contributed by atoms with Gasteiger partial charge in [0.2, 0.25) is 10.0 Å². The lowest BCUT2D eigenvalue weighted by molar-refractivity contribution is 0.322. The van der Waals surface area contributed by atoms with Gasteiger partial charge < -0.3 is 0 Å². The van der Waals surface area contributed by atoms with E-state index in [4.69, 9.17) is 11.6 Å². The highest BCUT2D eigenvalue weighted by molar-refractivity contribution is 7.89. The standard InChI is InChI=1S/C24H26ClNO2S/c1-19-11-13-21(14-12-19)29(27,28)26-17-22(23(25)20-9-5-4-6-10-20)24(18-26)15-7-2-3-8-16-24/h2,4-7,9-14H,3,8,15-18H2,1H3/b23-22+. The summed E-state index contributed by atoms with van der Waals surface area (Å²) >= 11 is 6.90. The molecule has 1 heterocycles. The molecule has 0 radical (unpaired) electrons. The van der Waals surface area contributed by atoms with Gasteiger partial charge in [-0.1, -0.05) is 71.8 Å². The zero-order valence-electron chi connectivity index (χ0n) is 16.6. The second-order valence-corrected chi connectivity index (χ2v) is 10.4. The van der Waals surface area contributed by atoms with Crippen LogP contribution in [0, 0.1) is 12.3 Å². The number of allylic oxidation sites excluding steroid dienone is 2. The van der Waals surface area contributed by atoms with Gasteiger partial charge in [0.05, 0.1) is 4.90 Å². The van der Waals surface area contributed by atoms with E-state index in [0.717, 1.165) is 42.4 Å². The first kappa shape index (κ1) is 20.4. The SMILES string of the molecule is Cc1ccc(S(=O)(=O)N2C/C(=C(\Cl)c3ccccc3)C3(CC=CCCC3)C2)cc1. The van der Waals surface area contributed by atoms with E-state index in [1.54, 1.807) is 16.4 Å². The highest BCUT2D eigenvalue weighted by atomic mass is 35.5. The van der Waals surface area contributed by atoms with E-state index in [9.17, 15) is 8.42 Å². The lowest BCUT2D eigenvalue weighted by Gasteiger charge is -2.29. The number of benzene rings is 2. The quantitative estimate of drug-likeness (QED) is 0.583. The summed E-state index contributed by atoms with van der Waals surface area (Å²) in [6, 6.07) is 17.0. The Bertz CT molecular complexity index is 1040. The van der Waals surface area contributed by atoms with Crippen LogP contribution in [0.25, 0.3) is 5.03 Å². The van der Waals surface area contributed by atoms with E-state index >= 15 is 0 Å². The van der Waals surface area contributed by atoms with Crippen LogP contribution in [0.15, 0.2) is 77.2 Å². The Hall–Kier alpha value is -1.88. The minimum atomic E-state index is -3.57. The Balaban J connectivity index is 1.78. The van der Waals surface area contributed by atoms with E-state index in [-0.39, 0.29) is 5.41 Å². The summed E-state index contributed by atoms with van der Waals surface area (Å²) in [4.78, 5) is 0.347. The number of rotatable bonds is 3. The van der Waals surface area contributed by atoms with Crippen LogP contribution in [0.3, 0.4) is 0 Å². The molecule has 1 fully saturated rings. The summed E-state index contributed by atoms with van der Waals surface area (Å²) in [7, 11) is -3.57. The monoisotopic (exact) mass is 427 g/mol. The molecule has 2 aliphatic rings. The minimum Gasteiger partial charge on any atom is -0.207 e. The first-order valence-corrected chi connectivity index (χ1v) is 11.9. The molecule has 0 bridgehead atoms. The van der Waals surface area contributed by atoms with Crippen molar-refractivity contribution in [1.82, 2.24) is 4.31 Å². The van der Waals surface area contributed by atoms with Crippen LogP contribution >= 0.6 is 11.6 Å². The van der Waals surface area contributed by atoms with Gasteiger partial charge in [-0.05, 0) is 55.9 Å². The first-order valence-electron chi connectivity index (χ1n) is 10.1. The predicted octanol–water partition coefficient (Wildman–Crippen LogP) is 5.77. The predicted molar refractivity (Wildman–Crippen MR) is 119 cm³/mol. The van der Waals surface area contributed by atoms with E-state index < -0.39 is 10.0 Å². The molecule has 1 spiro atoms. The molecule has 0 saturated carbocycles. The molecule has 1 saturated heterocycles. The third-order valence-electron chi connectivity index (χ3n) is 6.11. The van der Waals surface area contributed by atoms with Crippen LogP contribution < -0.4 is 0 Å². The lowest BCUT2D eigenvalue weighted by Crippen LogP contribution is -2.32. The summed E-state index contributed by atoms with van der Waals surface area (Å²) < 4.78 is 28.4. The van der Waals surface area contributed by atoms with Crippen LogP contribution in [0.5, 0.6) is 0 Å². The lowest BCUT2D eigenvalue weighted by atomic mass is 9.76. The van der Waals surface area contributed by atoms with Crippen molar-refractivity contribution >= 4 is 26.7 Å². The van der Waals surface area contributed by atoms with Gasteiger partial charge >= 0.3 is 0 Å². The summed E-state index contributed by atoms with van der Waals surface area (Å²) in [6.45, 7) is 2.78. The Morgan fingerprint density at radius 2 is 1.76 bits per heavy atom. The number of hydrogen-bond acceptors (Lipinski definition) is 2. The number of halogens is 1. The molecule has 1 atom stereocenters. The van der Waals surface area contributed by atoms with E-state index in [0.29, 0.717) is 23.0 Å². The molecule has 1 aliphatic heterocycles. The third-order valence-corrected chi connectivity index (χ3v) is 8.36. The van der Waals surface area contributed by atoms with Crippen molar-refractivity contribution in [2.45, 2.75) is 37.5 Å². The average Bonchev–Trinajstić information content (AvgIpc) is 2.94. The normalized spacial score (nSPS) is 24.6. The average molecular weight is 428 g/mol. The maximum absolute atomic E-state index is 13.4. The fourth-order valence-corrected chi connectivity index (χ4v) is 6.31. The van der Waals surface area contributed by atoms with E-state index in [1.165, 1.54) is 0 Å². The molecule has 2 aromatic carbocycles. The molecule has 0 amide bonds. The molecule has 5 heteroatoms. The van der Waals surface area contributed by atoms with Gasteiger partial charge in [-0.15, -0.1) is 0 Å². The van der Waals surface area contributed by atoms with Crippen molar-refractivity contribution in [3.63, 3.8) is 0 Å². The Morgan fingerprint density at radius 3 is 2.48 bits per heavy atom. The minimum absolute atomic E-state index is 0.238. The molecular formula is C24H26ClNO2S. The van der Waals surface area contributed by atoms with E-state index in [1.807, 2.05) is 49.4 Å². The molecule has 0 N–H and O–H groups in total. The van der Waals surface area contributed by atoms with Crippen LogP contribution in [0.1, 0.15) is 36.8 Å². The van der Waals surface area contributed by atoms with Crippen molar-refractivity contribution in [3.8, 4) is 0 Å². The van der Waals surface area contributed by atoms with Gasteiger partial charge in [-0.2, -0.15) is 4.31 Å². The fraction of sp³-hybridized carbons (Fsp3) is 0.333. The molecule has 152 valence electrons. The summed E-state index contributed by atoms with van der Waals surface area (Å²) in [5.74, 6) is 0. The molecule has 29 heavy (non-hydrogen) atoms. The Morgan fingerprint density at radius 1 is 1.03 bits per heavy atom. The van der Waals surface area contributed by atoms with Crippen LogP contribution in [-0.4, -0.2) is 25.8 Å². The second kappa shape index (κ2) is 8.10. The van der Waals surface area contributed by atoms with Gasteiger partial charge in [0.1, 0.15) is 0 Å². The van der Waals surface area contributed by atoms with Crippen molar-refractivity contribution < 1.29 is 8.42 Å². The molecule has 2 aromatic rings. The Kier molecular flexibility index (Phi) is 5.69. The van der Waals surface area contributed by atoms with Gasteiger partial charge in [0.15, 0.2) is 0 Å². The maximum Gasteiger partial charge on any atom is 0.243 e. The maximum atomic E-state index is 13.4. The molecule has 4 rings (SSSR count). The van der Waals surface area contributed by atoms with Crippen molar-refractivity contribution in [3.05, 3.63) is 83.4 Å². The van der Waals surface area contributed by atoms with Crippen molar-refractivity contribution in [2.24, 2.45) is 5.41 Å². The fourth-order valence-electron chi connectivity index (χ4n) is 4.43. The molecule has 0 aromatic heterocycles. The van der Waals surface area contributed by atoms with Gasteiger partial charge in [0, 0.05) is 23.5 Å². The van der Waals surface area contributed by atoms with Gasteiger partial charge in [-0.3, -0.25) is 0 Å². The van der Waals surface area contributed by atoms with E-state index in [2.05, 4.69) is 12.2 Å². The van der Waals surface area contributed by atoms with Crippen molar-refractivity contribution in [1.29, 1.82) is 0 Å². The van der Waals surface area contributed by atoms with Crippen molar-refractivity contribution in [2.75, 3.05) is 13.1 Å². The highest BCUT2D eigenvalue weighted by Crippen LogP contribution is 2.49. The summed E-state index contributed by atoms with van der Waals surface area (Å²) in [5, 5.41) is 0.697. The summed E-state index contributed by atoms with van der Waals surface area (Å²) in [6.07, 6.45) is 8.24. The molecule has 1 aliphatic carbocycles. The molecule has 1 unspecified atom stereocenters. The van der Waals surface area contributed by atoms with Crippen LogP contribution in [-0.2, 0) is 10.0 Å². The third kappa shape index (κ3) is 3.94. The smallest absolute Gasteiger partial charge is 0.207 e. The number of sulfonamides is 1. The number of hydrogen-bond donors (Lipinski definition) is 0. The van der Waals surface area contributed by atoms with Crippen LogP contribution in [0.2, 0.25) is 0 Å². The zero-order valence-corrected chi connectivity index (χ0v) is 18.2. The largest absolute Gasteiger partial charge is 0.243 e. The number of nitrogens with zero attached hydrogens (tertiary/aromatic N) is 1. The van der Waals surface area contributed by atoms with Crippen LogP contribution in [0.4, 0.5) is 0 Å². The molecule has 3 nitrogen and oxygen atoms in total. The first-order chi connectivity index (χ1) is 13.9. The van der Waals surface area contributed by atoms with Gasteiger partial charge in [-0.25, -0.2) is 8.42 Å². The second-order valence-electron chi connectivity index (χ2n) is 8.09. The topological polar surface area (TPSA) is 37.4 Å².